The molecule has 134 valence electrons. The van der Waals surface area contributed by atoms with Crippen LogP contribution in [0, 0.1) is 27.7 Å². The van der Waals surface area contributed by atoms with Crippen LogP contribution in [-0.2, 0) is 0 Å². The minimum atomic E-state index is 0.748. The first-order chi connectivity index (χ1) is 13.0. The molecule has 0 amide bonds. The summed E-state index contributed by atoms with van der Waals surface area (Å²) in [5.74, 6) is 0.748. The van der Waals surface area contributed by atoms with Gasteiger partial charge in [0, 0.05) is 11.8 Å². The Kier molecular flexibility index (Phi) is 4.32. The van der Waals surface area contributed by atoms with E-state index in [-0.39, 0.29) is 0 Å². The van der Waals surface area contributed by atoms with E-state index in [1.807, 2.05) is 34.9 Å². The first kappa shape index (κ1) is 17.2. The van der Waals surface area contributed by atoms with Gasteiger partial charge in [-0.25, -0.2) is 4.98 Å². The molecular formula is C23H22N4. The number of fused-ring (bicyclic) bond motifs is 1. The van der Waals surface area contributed by atoms with Crippen LogP contribution in [0.5, 0.6) is 0 Å². The average molecular weight is 354 g/mol. The predicted molar refractivity (Wildman–Crippen MR) is 110 cm³/mol. The minimum absolute atomic E-state index is 0.748. The molecule has 0 saturated carbocycles. The molecule has 4 heteroatoms. The number of hydrogen-bond donors (Lipinski definition) is 0. The minimum Gasteiger partial charge on any atom is -0.283 e. The zero-order valence-electron chi connectivity index (χ0n) is 16.1. The molecule has 0 radical (unpaired) electrons. The quantitative estimate of drug-likeness (QED) is 0.380. The van der Waals surface area contributed by atoms with E-state index in [0.717, 1.165) is 34.0 Å². The molecular weight excluding hydrogens is 332 g/mol. The van der Waals surface area contributed by atoms with Crippen molar-refractivity contribution in [3.63, 3.8) is 0 Å². The van der Waals surface area contributed by atoms with Crippen molar-refractivity contribution in [3.05, 3.63) is 83.0 Å². The highest BCUT2D eigenvalue weighted by Gasteiger charge is 2.15. The summed E-state index contributed by atoms with van der Waals surface area (Å²) in [6.07, 6.45) is 1.98. The summed E-state index contributed by atoms with van der Waals surface area (Å²) in [6.45, 7) is 8.34. The lowest BCUT2D eigenvalue weighted by atomic mass is 10.0. The van der Waals surface area contributed by atoms with Gasteiger partial charge in [-0.2, -0.15) is 0 Å². The van der Waals surface area contributed by atoms with Gasteiger partial charge in [0.1, 0.15) is 11.3 Å². The monoisotopic (exact) mass is 354 g/mol. The highest BCUT2D eigenvalue weighted by atomic mass is 15.2. The van der Waals surface area contributed by atoms with Crippen molar-refractivity contribution < 1.29 is 0 Å². The zero-order valence-corrected chi connectivity index (χ0v) is 16.1. The number of rotatable bonds is 3. The summed E-state index contributed by atoms with van der Waals surface area (Å²) < 4.78 is 1.99. The van der Waals surface area contributed by atoms with Crippen molar-refractivity contribution in [3.8, 4) is 11.3 Å². The van der Waals surface area contributed by atoms with Crippen molar-refractivity contribution >= 4 is 17.2 Å². The van der Waals surface area contributed by atoms with Crippen LogP contribution in [-0.4, -0.2) is 9.38 Å². The van der Waals surface area contributed by atoms with Crippen molar-refractivity contribution in [1.82, 2.24) is 9.38 Å². The molecule has 0 aliphatic rings. The smallest absolute Gasteiger partial charge is 0.187 e. The first-order valence-corrected chi connectivity index (χ1v) is 9.06. The van der Waals surface area contributed by atoms with Crippen LogP contribution in [0.3, 0.4) is 0 Å². The fraction of sp³-hybridized carbons (Fsp3) is 0.174. The number of benzene rings is 2. The van der Waals surface area contributed by atoms with E-state index in [9.17, 15) is 0 Å². The molecule has 27 heavy (non-hydrogen) atoms. The van der Waals surface area contributed by atoms with Crippen molar-refractivity contribution in [2.75, 3.05) is 0 Å². The molecule has 4 rings (SSSR count). The summed E-state index contributed by atoms with van der Waals surface area (Å²) in [4.78, 5) is 4.83. The number of imidazole rings is 1. The normalized spacial score (nSPS) is 11.6. The van der Waals surface area contributed by atoms with Crippen LogP contribution in [0.15, 0.2) is 71.0 Å². The lowest BCUT2D eigenvalue weighted by molar-refractivity contribution is 1.10. The Morgan fingerprint density at radius 3 is 2.26 bits per heavy atom. The molecule has 2 aromatic carbocycles. The molecule has 0 saturated heterocycles. The third-order valence-electron chi connectivity index (χ3n) is 4.75. The Morgan fingerprint density at radius 1 is 0.778 bits per heavy atom. The van der Waals surface area contributed by atoms with Crippen LogP contribution in [0.1, 0.15) is 22.3 Å². The van der Waals surface area contributed by atoms with Gasteiger partial charge in [-0.15, -0.1) is 10.2 Å². The Hall–Kier alpha value is -3.27. The molecule has 2 aromatic heterocycles. The maximum absolute atomic E-state index is 4.83. The van der Waals surface area contributed by atoms with Crippen molar-refractivity contribution in [1.29, 1.82) is 0 Å². The van der Waals surface area contributed by atoms with Crippen molar-refractivity contribution in [2.45, 2.75) is 27.7 Å². The third kappa shape index (κ3) is 3.26. The fourth-order valence-corrected chi connectivity index (χ4v) is 3.36. The van der Waals surface area contributed by atoms with Gasteiger partial charge in [-0.1, -0.05) is 47.5 Å². The second-order valence-corrected chi connectivity index (χ2v) is 7.02. The molecule has 2 heterocycles. The topological polar surface area (TPSA) is 42.0 Å². The van der Waals surface area contributed by atoms with Gasteiger partial charge in [0.15, 0.2) is 5.82 Å². The number of aryl methyl sites for hydroxylation is 4. The van der Waals surface area contributed by atoms with E-state index < -0.39 is 0 Å². The van der Waals surface area contributed by atoms with Crippen molar-refractivity contribution in [2.24, 2.45) is 10.2 Å². The van der Waals surface area contributed by atoms with Gasteiger partial charge >= 0.3 is 0 Å². The Bertz CT molecular complexity index is 1170. The van der Waals surface area contributed by atoms with Gasteiger partial charge in [0.2, 0.25) is 0 Å². The van der Waals surface area contributed by atoms with Crippen LogP contribution < -0.4 is 0 Å². The first-order valence-electron chi connectivity index (χ1n) is 9.06. The zero-order chi connectivity index (χ0) is 19.0. The number of pyridine rings is 1. The molecule has 0 atom stereocenters. The standard InChI is InChI=1S/C23H22N4/c1-15-8-10-19(17(3)13-15)22-23(27-12-6-5-7-21(27)24-22)26-25-20-11-9-16(2)14-18(20)4/h5-14H,1-4H3. The van der Waals surface area contributed by atoms with Crippen LogP contribution in [0.2, 0.25) is 0 Å². The van der Waals surface area contributed by atoms with E-state index in [0.29, 0.717) is 0 Å². The highest BCUT2D eigenvalue weighted by molar-refractivity contribution is 5.76. The van der Waals surface area contributed by atoms with Gasteiger partial charge in [0.05, 0.1) is 5.69 Å². The van der Waals surface area contributed by atoms with Crippen LogP contribution >= 0.6 is 0 Å². The SMILES string of the molecule is Cc1ccc(N=Nc2c(-c3ccc(C)cc3C)nc3ccccn23)c(C)c1. The highest BCUT2D eigenvalue weighted by Crippen LogP contribution is 2.34. The average Bonchev–Trinajstić information content (AvgIpc) is 2.99. The maximum atomic E-state index is 4.83. The van der Waals surface area contributed by atoms with E-state index in [1.165, 1.54) is 16.7 Å². The van der Waals surface area contributed by atoms with E-state index in [4.69, 9.17) is 4.98 Å². The largest absolute Gasteiger partial charge is 0.283 e. The van der Waals surface area contributed by atoms with Gasteiger partial charge in [-0.3, -0.25) is 4.40 Å². The van der Waals surface area contributed by atoms with Crippen LogP contribution in [0.4, 0.5) is 11.5 Å². The summed E-state index contributed by atoms with van der Waals surface area (Å²) in [7, 11) is 0. The Morgan fingerprint density at radius 2 is 1.52 bits per heavy atom. The van der Waals surface area contributed by atoms with E-state index in [2.05, 4.69) is 68.3 Å². The van der Waals surface area contributed by atoms with Gasteiger partial charge in [0.25, 0.3) is 0 Å². The molecule has 0 spiro atoms. The van der Waals surface area contributed by atoms with Gasteiger partial charge < -0.3 is 0 Å². The number of hydrogen-bond acceptors (Lipinski definition) is 3. The molecule has 4 nitrogen and oxygen atoms in total. The maximum Gasteiger partial charge on any atom is 0.187 e. The number of aromatic nitrogens is 2. The van der Waals surface area contributed by atoms with E-state index >= 15 is 0 Å². The molecule has 0 fully saturated rings. The summed E-state index contributed by atoms with van der Waals surface area (Å²) >= 11 is 0. The molecule has 4 aromatic rings. The lowest BCUT2D eigenvalue weighted by Crippen LogP contribution is -1.86. The molecule has 0 aliphatic carbocycles. The molecule has 0 aliphatic heterocycles. The summed E-state index contributed by atoms with van der Waals surface area (Å²) in [5, 5.41) is 9.16. The van der Waals surface area contributed by atoms with Crippen LogP contribution in [0.25, 0.3) is 16.9 Å². The third-order valence-corrected chi connectivity index (χ3v) is 4.75. The number of nitrogens with zero attached hydrogens (tertiary/aromatic N) is 4. The molecule has 0 unspecified atom stereocenters. The second kappa shape index (κ2) is 6.80. The molecule has 0 N–H and O–H groups in total. The summed E-state index contributed by atoms with van der Waals surface area (Å²) in [5.41, 5.74) is 8.42. The molecule has 0 bridgehead atoms. The number of azo groups is 1. The fourth-order valence-electron chi connectivity index (χ4n) is 3.36. The predicted octanol–water partition coefficient (Wildman–Crippen LogP) is 6.65. The van der Waals surface area contributed by atoms with E-state index in [1.54, 1.807) is 0 Å². The second-order valence-electron chi connectivity index (χ2n) is 7.02. The Balaban J connectivity index is 1.89. The Labute approximate surface area is 159 Å². The lowest BCUT2D eigenvalue weighted by Gasteiger charge is -2.05. The van der Waals surface area contributed by atoms with Gasteiger partial charge in [-0.05, 0) is 57.0 Å². The summed E-state index contributed by atoms with van der Waals surface area (Å²) in [6, 6.07) is 18.5.